The third kappa shape index (κ3) is 3.89. The first-order valence-corrected chi connectivity index (χ1v) is 5.80. The lowest BCUT2D eigenvalue weighted by atomic mass is 10.2. The van der Waals surface area contributed by atoms with Gasteiger partial charge in [0.1, 0.15) is 6.61 Å². The fourth-order valence-corrected chi connectivity index (χ4v) is 1.84. The lowest BCUT2D eigenvalue weighted by Gasteiger charge is -2.12. The van der Waals surface area contributed by atoms with E-state index >= 15 is 0 Å². The van der Waals surface area contributed by atoms with Crippen molar-refractivity contribution in [1.29, 1.82) is 0 Å². The summed E-state index contributed by atoms with van der Waals surface area (Å²) in [4.78, 5) is 9.74. The van der Waals surface area contributed by atoms with E-state index in [0.717, 1.165) is 6.20 Å². The Kier molecular flexibility index (Phi) is 5.38. The number of benzene rings is 1. The van der Waals surface area contributed by atoms with Gasteiger partial charge >= 0.3 is 0 Å². The van der Waals surface area contributed by atoms with E-state index in [4.69, 9.17) is 9.47 Å². The van der Waals surface area contributed by atoms with E-state index in [1.165, 1.54) is 13.2 Å². The Morgan fingerprint density at radius 1 is 1.56 bits per heavy atom. The Balaban J connectivity index is 3.09. The predicted octanol–water partition coefficient (Wildman–Crippen LogP) is 3.27. The quantitative estimate of drug-likeness (QED) is 0.459. The maximum absolute atomic E-state index is 10.3. The van der Waals surface area contributed by atoms with Crippen molar-refractivity contribution in [2.45, 2.75) is 0 Å². The zero-order valence-electron chi connectivity index (χ0n) is 9.76. The van der Waals surface area contributed by atoms with Gasteiger partial charge in [0.25, 0.3) is 0 Å². The summed E-state index contributed by atoms with van der Waals surface area (Å²) in [5, 5.41) is 10.3. The van der Waals surface area contributed by atoms with Crippen LogP contribution in [0.5, 0.6) is 11.5 Å². The highest BCUT2D eigenvalue weighted by Crippen LogP contribution is 2.37. The van der Waals surface area contributed by atoms with Crippen molar-refractivity contribution in [1.82, 2.24) is 0 Å². The van der Waals surface area contributed by atoms with Crippen molar-refractivity contribution >= 4 is 22.0 Å². The molecule has 0 spiro atoms. The van der Waals surface area contributed by atoms with Gasteiger partial charge in [0.05, 0.1) is 16.5 Å². The van der Waals surface area contributed by atoms with Crippen molar-refractivity contribution in [3.05, 3.63) is 51.1 Å². The summed E-state index contributed by atoms with van der Waals surface area (Å²) < 4.78 is 11.3. The molecular weight excluding hydrogens is 302 g/mol. The van der Waals surface area contributed by atoms with Crippen LogP contribution >= 0.6 is 15.9 Å². The molecule has 0 bridgehead atoms. The van der Waals surface area contributed by atoms with E-state index < -0.39 is 4.92 Å². The van der Waals surface area contributed by atoms with Gasteiger partial charge in [-0.3, -0.25) is 10.1 Å². The van der Waals surface area contributed by atoms with Gasteiger partial charge in [-0.25, -0.2) is 0 Å². The Morgan fingerprint density at radius 2 is 2.28 bits per heavy atom. The molecule has 1 rings (SSSR count). The number of nitrogens with zero attached hydrogens (tertiary/aromatic N) is 1. The van der Waals surface area contributed by atoms with Crippen LogP contribution in [0, 0.1) is 10.1 Å². The molecule has 0 aliphatic heterocycles. The van der Waals surface area contributed by atoms with Gasteiger partial charge < -0.3 is 9.47 Å². The van der Waals surface area contributed by atoms with E-state index in [1.54, 1.807) is 18.2 Å². The topological polar surface area (TPSA) is 61.6 Å². The molecule has 0 radical (unpaired) electrons. The molecule has 0 saturated heterocycles. The number of hydrogen-bond donors (Lipinski definition) is 0. The maximum Gasteiger partial charge on any atom is 0.235 e. The third-order valence-electron chi connectivity index (χ3n) is 1.99. The molecule has 0 fully saturated rings. The number of halogens is 1. The minimum Gasteiger partial charge on any atom is -0.493 e. The number of rotatable bonds is 6. The minimum absolute atomic E-state index is 0.346. The van der Waals surface area contributed by atoms with Crippen LogP contribution in [0.4, 0.5) is 0 Å². The maximum atomic E-state index is 10.3. The highest BCUT2D eigenvalue weighted by molar-refractivity contribution is 9.10. The zero-order valence-corrected chi connectivity index (χ0v) is 11.3. The summed E-state index contributed by atoms with van der Waals surface area (Å²) in [6, 6.07) is 3.37. The summed E-state index contributed by atoms with van der Waals surface area (Å²) in [7, 11) is 1.50. The van der Waals surface area contributed by atoms with Gasteiger partial charge in [0, 0.05) is 6.08 Å². The lowest BCUT2D eigenvalue weighted by molar-refractivity contribution is -0.400. The summed E-state index contributed by atoms with van der Waals surface area (Å²) in [5.41, 5.74) is 0.640. The minimum atomic E-state index is -0.525. The second kappa shape index (κ2) is 6.80. The molecule has 0 aliphatic rings. The van der Waals surface area contributed by atoms with E-state index in [9.17, 15) is 10.1 Å². The van der Waals surface area contributed by atoms with Crippen molar-refractivity contribution in [3.8, 4) is 11.5 Å². The van der Waals surface area contributed by atoms with Crippen molar-refractivity contribution in [3.63, 3.8) is 0 Å². The van der Waals surface area contributed by atoms with Crippen LogP contribution < -0.4 is 9.47 Å². The normalized spacial score (nSPS) is 10.3. The van der Waals surface area contributed by atoms with Crippen LogP contribution in [0.25, 0.3) is 6.08 Å². The highest BCUT2D eigenvalue weighted by atomic mass is 79.9. The average molecular weight is 314 g/mol. The molecule has 0 aliphatic carbocycles. The molecule has 6 heteroatoms. The summed E-state index contributed by atoms with van der Waals surface area (Å²) in [6.45, 7) is 3.91. The van der Waals surface area contributed by atoms with Gasteiger partial charge in [0.15, 0.2) is 11.5 Å². The second-order valence-corrected chi connectivity index (χ2v) is 4.09. The molecule has 1 aromatic rings. The smallest absolute Gasteiger partial charge is 0.235 e. The molecule has 96 valence electrons. The van der Waals surface area contributed by atoms with Crippen LogP contribution in [0.1, 0.15) is 5.56 Å². The molecule has 5 nitrogen and oxygen atoms in total. The van der Waals surface area contributed by atoms with Crippen molar-refractivity contribution in [2.75, 3.05) is 13.7 Å². The monoisotopic (exact) mass is 313 g/mol. The molecule has 0 aromatic heterocycles. The van der Waals surface area contributed by atoms with Crippen molar-refractivity contribution < 1.29 is 14.4 Å². The molecule has 0 atom stereocenters. The van der Waals surface area contributed by atoms with Crippen LogP contribution in [0.15, 0.2) is 35.5 Å². The highest BCUT2D eigenvalue weighted by Gasteiger charge is 2.10. The second-order valence-electron chi connectivity index (χ2n) is 3.23. The molecular formula is C12H12BrNO4. The van der Waals surface area contributed by atoms with Gasteiger partial charge in [-0.2, -0.15) is 0 Å². The van der Waals surface area contributed by atoms with E-state index in [-0.39, 0.29) is 0 Å². The standard InChI is InChI=1S/C12H12BrNO4/c1-3-6-18-12-10(13)7-9(4-5-14(15)16)8-11(12)17-2/h3-5,7-8H,1,6H2,2H3/b5-4-. The van der Waals surface area contributed by atoms with Crippen LogP contribution in [0.3, 0.4) is 0 Å². The Morgan fingerprint density at radius 3 is 2.83 bits per heavy atom. The fourth-order valence-electron chi connectivity index (χ4n) is 1.27. The molecule has 1 aromatic carbocycles. The number of ether oxygens (including phenoxy) is 2. The summed E-state index contributed by atoms with van der Waals surface area (Å²) in [5.74, 6) is 1.03. The third-order valence-corrected chi connectivity index (χ3v) is 2.58. The number of methoxy groups -OCH3 is 1. The van der Waals surface area contributed by atoms with E-state index in [0.29, 0.717) is 28.1 Å². The predicted molar refractivity (Wildman–Crippen MR) is 72.4 cm³/mol. The Labute approximate surface area is 113 Å². The average Bonchev–Trinajstić information content (AvgIpc) is 2.34. The molecule has 0 saturated carbocycles. The van der Waals surface area contributed by atoms with Crippen LogP contribution in [0.2, 0.25) is 0 Å². The van der Waals surface area contributed by atoms with Crippen LogP contribution in [-0.2, 0) is 0 Å². The first-order valence-electron chi connectivity index (χ1n) is 5.01. The Bertz CT molecular complexity index is 485. The van der Waals surface area contributed by atoms with Crippen molar-refractivity contribution in [2.24, 2.45) is 0 Å². The van der Waals surface area contributed by atoms with E-state index in [2.05, 4.69) is 22.5 Å². The van der Waals surface area contributed by atoms with Gasteiger partial charge in [-0.15, -0.1) is 0 Å². The molecule has 0 unspecified atom stereocenters. The summed E-state index contributed by atoms with van der Waals surface area (Å²) >= 11 is 3.33. The Hall–Kier alpha value is -1.82. The first-order chi connectivity index (χ1) is 8.58. The fraction of sp³-hybridized carbons (Fsp3) is 0.167. The number of nitro groups is 1. The molecule has 0 heterocycles. The SMILES string of the molecule is C=CCOc1c(Br)cc(/C=C\[N+](=O)[O-])cc1OC. The number of hydrogen-bond acceptors (Lipinski definition) is 4. The van der Waals surface area contributed by atoms with Gasteiger partial charge in [-0.05, 0) is 33.6 Å². The zero-order chi connectivity index (χ0) is 13.5. The van der Waals surface area contributed by atoms with E-state index in [1.807, 2.05) is 0 Å². The largest absolute Gasteiger partial charge is 0.493 e. The summed E-state index contributed by atoms with van der Waals surface area (Å²) in [6.07, 6.45) is 3.86. The molecule has 0 amide bonds. The van der Waals surface area contributed by atoms with Gasteiger partial charge in [-0.1, -0.05) is 12.7 Å². The molecule has 18 heavy (non-hydrogen) atoms. The molecule has 0 N–H and O–H groups in total. The van der Waals surface area contributed by atoms with Crippen LogP contribution in [-0.4, -0.2) is 18.6 Å². The lowest BCUT2D eigenvalue weighted by Crippen LogP contribution is -1.97. The van der Waals surface area contributed by atoms with Gasteiger partial charge in [0.2, 0.25) is 6.20 Å². The first kappa shape index (κ1) is 14.2.